The molecule has 9 heteroatoms. The van der Waals surface area contributed by atoms with E-state index in [9.17, 15) is 14.2 Å². The Hall–Kier alpha value is -1.89. The van der Waals surface area contributed by atoms with Gasteiger partial charge in [-0.3, -0.25) is 18.6 Å². The molecule has 0 radical (unpaired) electrons. The molecule has 22 heavy (non-hydrogen) atoms. The van der Waals surface area contributed by atoms with Crippen LogP contribution in [0.2, 0.25) is 0 Å². The predicted octanol–water partition coefficient (Wildman–Crippen LogP) is 0.999. The molecule has 1 aromatic rings. The molecule has 8 nitrogen and oxygen atoms in total. The number of hydrogen-bond acceptors (Lipinski definition) is 6. The average molecular weight is 330 g/mol. The molecule has 1 aromatic carbocycles. The third-order valence-electron chi connectivity index (χ3n) is 2.75. The van der Waals surface area contributed by atoms with Gasteiger partial charge >= 0.3 is 7.82 Å². The fourth-order valence-corrected chi connectivity index (χ4v) is 2.35. The third kappa shape index (κ3) is 5.48. The maximum atomic E-state index is 11.8. The molecule has 0 heterocycles. The summed E-state index contributed by atoms with van der Waals surface area (Å²) in [5.41, 5.74) is 5.98. The van der Waals surface area contributed by atoms with Crippen LogP contribution in [0.4, 0.5) is 0 Å². The topological polar surface area (TPSA) is 117 Å². The molecule has 0 aliphatic heterocycles. The van der Waals surface area contributed by atoms with Gasteiger partial charge in [0, 0.05) is 27.6 Å². The lowest BCUT2D eigenvalue weighted by Crippen LogP contribution is -2.44. The first-order valence-corrected chi connectivity index (χ1v) is 7.82. The van der Waals surface area contributed by atoms with Gasteiger partial charge in [0.25, 0.3) is 0 Å². The Labute approximate surface area is 128 Å². The summed E-state index contributed by atoms with van der Waals surface area (Å²) < 4.78 is 26.3. The number of benzene rings is 1. The first kappa shape index (κ1) is 18.2. The van der Waals surface area contributed by atoms with E-state index in [0.717, 1.165) is 5.56 Å². The highest BCUT2D eigenvalue weighted by molar-refractivity contribution is 7.48. The second-order valence-corrected chi connectivity index (χ2v) is 6.21. The summed E-state index contributed by atoms with van der Waals surface area (Å²) in [4.78, 5) is 22.3. The molecule has 0 saturated heterocycles. The summed E-state index contributed by atoms with van der Waals surface area (Å²) in [5.74, 6) is -0.686. The van der Waals surface area contributed by atoms with E-state index in [-0.39, 0.29) is 18.1 Å². The maximum Gasteiger partial charge on any atom is 0.529 e. The zero-order chi connectivity index (χ0) is 16.8. The fraction of sp³-hybridized carbons (Fsp3) is 0.385. The first-order chi connectivity index (χ1) is 10.3. The van der Waals surface area contributed by atoms with Crippen LogP contribution in [0.15, 0.2) is 24.3 Å². The van der Waals surface area contributed by atoms with Crippen LogP contribution in [0.1, 0.15) is 12.5 Å². The maximum absolute atomic E-state index is 11.8. The van der Waals surface area contributed by atoms with E-state index in [4.69, 9.17) is 10.3 Å². The van der Waals surface area contributed by atoms with Crippen molar-refractivity contribution >= 4 is 19.6 Å². The summed E-state index contributed by atoms with van der Waals surface area (Å²) in [6.45, 7) is 1.31. The van der Waals surface area contributed by atoms with Crippen molar-refractivity contribution in [2.24, 2.45) is 5.73 Å². The van der Waals surface area contributed by atoms with Crippen LogP contribution in [0.5, 0.6) is 5.75 Å². The molecule has 0 fully saturated rings. The van der Waals surface area contributed by atoms with E-state index < -0.39 is 19.8 Å². The molecule has 0 saturated carbocycles. The summed E-state index contributed by atoms with van der Waals surface area (Å²) in [7, 11) is -1.19. The van der Waals surface area contributed by atoms with Gasteiger partial charge in [-0.1, -0.05) is 12.1 Å². The van der Waals surface area contributed by atoms with Crippen molar-refractivity contribution in [1.29, 1.82) is 0 Å². The van der Waals surface area contributed by atoms with Crippen LogP contribution >= 0.6 is 7.82 Å². The van der Waals surface area contributed by atoms with Crippen molar-refractivity contribution < 1.29 is 27.7 Å². The Balaban J connectivity index is 2.77. The average Bonchev–Trinajstić information content (AvgIpc) is 2.48. The highest BCUT2D eigenvalue weighted by Gasteiger charge is 2.24. The number of nitrogens with one attached hydrogen (secondary N) is 1. The van der Waals surface area contributed by atoms with Gasteiger partial charge in [0.05, 0.1) is 0 Å². The molecule has 0 aliphatic carbocycles. The molecule has 0 bridgehead atoms. The Morgan fingerprint density at radius 3 is 2.18 bits per heavy atom. The van der Waals surface area contributed by atoms with Crippen LogP contribution in [0, 0.1) is 0 Å². The summed E-state index contributed by atoms with van der Waals surface area (Å²) in [5, 5.41) is 2.47. The van der Waals surface area contributed by atoms with Gasteiger partial charge in [0.15, 0.2) is 0 Å². The number of phosphoric acid groups is 1. The van der Waals surface area contributed by atoms with Crippen LogP contribution in [0.3, 0.4) is 0 Å². The Morgan fingerprint density at radius 2 is 1.77 bits per heavy atom. The smallest absolute Gasteiger partial charge is 0.404 e. The van der Waals surface area contributed by atoms with Crippen LogP contribution < -0.4 is 15.6 Å². The molecule has 1 unspecified atom stereocenters. The van der Waals surface area contributed by atoms with Gasteiger partial charge in [-0.2, -0.15) is 0 Å². The number of amides is 2. The molecule has 0 aromatic heterocycles. The third-order valence-corrected chi connectivity index (χ3v) is 4.08. The Bertz CT molecular complexity index is 566. The Morgan fingerprint density at radius 1 is 1.23 bits per heavy atom. The molecule has 3 N–H and O–H groups in total. The quantitative estimate of drug-likeness (QED) is 0.687. The van der Waals surface area contributed by atoms with Crippen LogP contribution in [-0.2, 0) is 29.6 Å². The number of phosphoric ester groups is 1. The number of carbonyl (C=O) groups excluding carboxylic acids is 2. The molecule has 2 amide bonds. The zero-order valence-electron chi connectivity index (χ0n) is 12.6. The molecule has 122 valence electrons. The monoisotopic (exact) mass is 330 g/mol. The minimum atomic E-state index is -3.61. The number of carbonyl (C=O) groups is 2. The number of rotatable bonds is 8. The minimum Gasteiger partial charge on any atom is -0.404 e. The number of hydrogen-bond donors (Lipinski definition) is 2. The van der Waals surface area contributed by atoms with Crippen molar-refractivity contribution in [3.8, 4) is 5.75 Å². The van der Waals surface area contributed by atoms with Crippen molar-refractivity contribution in [1.82, 2.24) is 5.32 Å². The largest absolute Gasteiger partial charge is 0.529 e. The second kappa shape index (κ2) is 7.93. The van der Waals surface area contributed by atoms with E-state index in [2.05, 4.69) is 14.4 Å². The van der Waals surface area contributed by atoms with E-state index >= 15 is 0 Å². The number of primary amides is 1. The Kier molecular flexibility index (Phi) is 6.55. The first-order valence-electron chi connectivity index (χ1n) is 6.36. The normalized spacial score (nSPS) is 12.5. The summed E-state index contributed by atoms with van der Waals surface area (Å²) in [6, 6.07) is 5.61. The van der Waals surface area contributed by atoms with Crippen molar-refractivity contribution in [2.75, 3.05) is 14.2 Å². The molecule has 1 atom stereocenters. The van der Waals surface area contributed by atoms with Crippen LogP contribution in [0.25, 0.3) is 0 Å². The highest BCUT2D eigenvalue weighted by atomic mass is 31.2. The van der Waals surface area contributed by atoms with E-state index in [1.807, 2.05) is 0 Å². The minimum absolute atomic E-state index is 0.238. The van der Waals surface area contributed by atoms with Gasteiger partial charge in [0.2, 0.25) is 11.8 Å². The second-order valence-electron chi connectivity index (χ2n) is 4.41. The molecule has 0 spiro atoms. The standard InChI is InChI=1S/C13H19N2O6P/c1-9(16)15-12(13(14)17)8-10-4-6-11(7-5-10)21-22(18,19-2)20-3/h4-7,12H,8H2,1-3H3,(H2,14,17)(H,15,16). The van der Waals surface area contributed by atoms with E-state index in [0.29, 0.717) is 0 Å². The van der Waals surface area contributed by atoms with Gasteiger partial charge in [-0.05, 0) is 17.7 Å². The van der Waals surface area contributed by atoms with Gasteiger partial charge in [-0.15, -0.1) is 0 Å². The molecule has 1 rings (SSSR count). The highest BCUT2D eigenvalue weighted by Crippen LogP contribution is 2.47. The lowest BCUT2D eigenvalue weighted by Gasteiger charge is -2.16. The summed E-state index contributed by atoms with van der Waals surface area (Å²) >= 11 is 0. The predicted molar refractivity (Wildman–Crippen MR) is 79.2 cm³/mol. The van der Waals surface area contributed by atoms with Gasteiger partial charge < -0.3 is 15.6 Å². The molecular formula is C13H19N2O6P. The lowest BCUT2D eigenvalue weighted by atomic mass is 10.1. The summed E-state index contributed by atoms with van der Waals surface area (Å²) in [6.07, 6.45) is 0.238. The SMILES string of the molecule is COP(=O)(OC)Oc1ccc(CC(NC(C)=O)C(N)=O)cc1. The van der Waals surface area contributed by atoms with Gasteiger partial charge in [-0.25, -0.2) is 4.57 Å². The van der Waals surface area contributed by atoms with Gasteiger partial charge in [0.1, 0.15) is 11.8 Å². The number of nitrogens with two attached hydrogens (primary N) is 1. The van der Waals surface area contributed by atoms with Crippen molar-refractivity contribution in [3.63, 3.8) is 0 Å². The molecule has 0 aliphatic rings. The van der Waals surface area contributed by atoms with Crippen molar-refractivity contribution in [3.05, 3.63) is 29.8 Å². The van der Waals surface area contributed by atoms with E-state index in [1.165, 1.54) is 21.1 Å². The molecular weight excluding hydrogens is 311 g/mol. The van der Waals surface area contributed by atoms with Crippen LogP contribution in [-0.4, -0.2) is 32.1 Å². The van der Waals surface area contributed by atoms with E-state index in [1.54, 1.807) is 24.3 Å². The zero-order valence-corrected chi connectivity index (χ0v) is 13.5. The fourth-order valence-electron chi connectivity index (χ4n) is 1.67. The van der Waals surface area contributed by atoms with Crippen molar-refractivity contribution in [2.45, 2.75) is 19.4 Å². The lowest BCUT2D eigenvalue weighted by molar-refractivity contribution is -0.126.